The molecule has 1 N–H and O–H groups in total. The van der Waals surface area contributed by atoms with Crippen LogP contribution in [0.4, 0.5) is 17.2 Å². The summed E-state index contributed by atoms with van der Waals surface area (Å²) in [6.07, 6.45) is 3.24. The van der Waals surface area contributed by atoms with Crippen LogP contribution in [0.25, 0.3) is 10.9 Å². The number of nitro groups is 1. The standard InChI is InChI=1S/C13H12N6O2/c1-8-12(6-18(2)17-8)16-13-10-5-9(19(20)21)3-4-11(10)14-7-15-13/h3-7H,1-2H3,(H,14,15,16). The summed E-state index contributed by atoms with van der Waals surface area (Å²) in [6.45, 7) is 1.87. The van der Waals surface area contributed by atoms with Gasteiger partial charge in [0.15, 0.2) is 0 Å². The number of aryl methyl sites for hydroxylation is 2. The molecule has 0 aliphatic carbocycles. The third kappa shape index (κ3) is 2.38. The largest absolute Gasteiger partial charge is 0.337 e. The molecule has 0 bridgehead atoms. The Morgan fingerprint density at radius 3 is 2.81 bits per heavy atom. The van der Waals surface area contributed by atoms with E-state index in [0.29, 0.717) is 16.7 Å². The lowest BCUT2D eigenvalue weighted by atomic mass is 10.2. The summed E-state index contributed by atoms with van der Waals surface area (Å²) in [5, 5.41) is 18.9. The van der Waals surface area contributed by atoms with Gasteiger partial charge in [-0.2, -0.15) is 5.10 Å². The number of hydrogen-bond acceptors (Lipinski definition) is 6. The van der Waals surface area contributed by atoms with Crippen molar-refractivity contribution in [1.82, 2.24) is 19.7 Å². The molecule has 106 valence electrons. The molecule has 0 amide bonds. The molecule has 0 aliphatic rings. The number of nitrogens with one attached hydrogen (secondary N) is 1. The van der Waals surface area contributed by atoms with E-state index in [1.165, 1.54) is 18.5 Å². The van der Waals surface area contributed by atoms with Crippen LogP contribution >= 0.6 is 0 Å². The first kappa shape index (κ1) is 13.0. The van der Waals surface area contributed by atoms with Gasteiger partial charge in [0.1, 0.15) is 12.1 Å². The zero-order valence-electron chi connectivity index (χ0n) is 11.4. The molecule has 0 spiro atoms. The number of nitro benzene ring substituents is 1. The lowest BCUT2D eigenvalue weighted by molar-refractivity contribution is -0.384. The monoisotopic (exact) mass is 284 g/mol. The Morgan fingerprint density at radius 2 is 2.14 bits per heavy atom. The lowest BCUT2D eigenvalue weighted by Crippen LogP contribution is -1.97. The van der Waals surface area contributed by atoms with Gasteiger partial charge in [-0.1, -0.05) is 0 Å². The summed E-state index contributed by atoms with van der Waals surface area (Å²) in [6, 6.07) is 4.49. The zero-order chi connectivity index (χ0) is 15.0. The minimum atomic E-state index is -0.439. The average molecular weight is 284 g/mol. The van der Waals surface area contributed by atoms with E-state index in [4.69, 9.17) is 0 Å². The summed E-state index contributed by atoms with van der Waals surface area (Å²) in [5.74, 6) is 0.514. The highest BCUT2D eigenvalue weighted by Crippen LogP contribution is 2.27. The fraction of sp³-hybridized carbons (Fsp3) is 0.154. The molecular weight excluding hydrogens is 272 g/mol. The van der Waals surface area contributed by atoms with Crippen molar-refractivity contribution < 1.29 is 4.92 Å². The van der Waals surface area contributed by atoms with Crippen molar-refractivity contribution in [3.05, 3.63) is 46.5 Å². The first-order valence-electron chi connectivity index (χ1n) is 6.21. The van der Waals surface area contributed by atoms with Crippen molar-refractivity contribution in [3.63, 3.8) is 0 Å². The Kier molecular flexibility index (Phi) is 2.98. The predicted molar refractivity (Wildman–Crippen MR) is 77.4 cm³/mol. The number of fused-ring (bicyclic) bond motifs is 1. The van der Waals surface area contributed by atoms with E-state index in [0.717, 1.165) is 11.4 Å². The number of rotatable bonds is 3. The Morgan fingerprint density at radius 1 is 1.33 bits per heavy atom. The van der Waals surface area contributed by atoms with Gasteiger partial charge in [-0.05, 0) is 13.0 Å². The van der Waals surface area contributed by atoms with Gasteiger partial charge in [0, 0.05) is 30.8 Å². The van der Waals surface area contributed by atoms with E-state index >= 15 is 0 Å². The summed E-state index contributed by atoms with van der Waals surface area (Å²) >= 11 is 0. The lowest BCUT2D eigenvalue weighted by Gasteiger charge is -2.06. The fourth-order valence-electron chi connectivity index (χ4n) is 2.11. The zero-order valence-corrected chi connectivity index (χ0v) is 11.4. The number of hydrogen-bond donors (Lipinski definition) is 1. The third-order valence-corrected chi connectivity index (χ3v) is 3.10. The van der Waals surface area contributed by atoms with Gasteiger partial charge in [0.05, 0.1) is 21.8 Å². The van der Waals surface area contributed by atoms with Crippen LogP contribution in [0.15, 0.2) is 30.7 Å². The molecule has 0 aliphatic heterocycles. The van der Waals surface area contributed by atoms with Gasteiger partial charge in [-0.25, -0.2) is 9.97 Å². The number of nitrogens with zero attached hydrogens (tertiary/aromatic N) is 5. The molecule has 0 fully saturated rings. The van der Waals surface area contributed by atoms with Crippen LogP contribution in [0, 0.1) is 17.0 Å². The van der Waals surface area contributed by atoms with Gasteiger partial charge >= 0.3 is 0 Å². The molecule has 3 rings (SSSR count). The topological polar surface area (TPSA) is 98.8 Å². The van der Waals surface area contributed by atoms with E-state index in [1.807, 2.05) is 20.2 Å². The second kappa shape index (κ2) is 4.82. The third-order valence-electron chi connectivity index (χ3n) is 3.10. The number of non-ortho nitro benzene ring substituents is 1. The van der Waals surface area contributed by atoms with Gasteiger partial charge < -0.3 is 5.32 Å². The average Bonchev–Trinajstić information content (AvgIpc) is 2.76. The molecule has 8 heteroatoms. The highest BCUT2D eigenvalue weighted by Gasteiger charge is 2.12. The predicted octanol–water partition coefficient (Wildman–Crippen LogP) is 2.32. The first-order chi connectivity index (χ1) is 10.0. The molecule has 0 unspecified atom stereocenters. The van der Waals surface area contributed by atoms with E-state index in [2.05, 4.69) is 20.4 Å². The Hall–Kier alpha value is -3.03. The van der Waals surface area contributed by atoms with Crippen molar-refractivity contribution in [3.8, 4) is 0 Å². The molecule has 21 heavy (non-hydrogen) atoms. The maximum atomic E-state index is 10.9. The summed E-state index contributed by atoms with van der Waals surface area (Å²) in [5.41, 5.74) is 2.25. The quantitative estimate of drug-likeness (QED) is 0.585. The summed E-state index contributed by atoms with van der Waals surface area (Å²) in [7, 11) is 1.82. The molecule has 0 atom stereocenters. The molecule has 2 heterocycles. The fourth-order valence-corrected chi connectivity index (χ4v) is 2.11. The molecule has 2 aromatic heterocycles. The van der Waals surface area contributed by atoms with E-state index in [-0.39, 0.29) is 5.69 Å². The van der Waals surface area contributed by atoms with Gasteiger partial charge in [-0.15, -0.1) is 0 Å². The van der Waals surface area contributed by atoms with Crippen LogP contribution in [0.1, 0.15) is 5.69 Å². The molecule has 8 nitrogen and oxygen atoms in total. The van der Waals surface area contributed by atoms with E-state index in [9.17, 15) is 10.1 Å². The highest BCUT2D eigenvalue weighted by atomic mass is 16.6. The van der Waals surface area contributed by atoms with Crippen molar-refractivity contribution >= 4 is 28.1 Å². The van der Waals surface area contributed by atoms with Crippen LogP contribution in [0.3, 0.4) is 0 Å². The second-order valence-electron chi connectivity index (χ2n) is 4.61. The second-order valence-corrected chi connectivity index (χ2v) is 4.61. The smallest absolute Gasteiger partial charge is 0.270 e. The van der Waals surface area contributed by atoms with Crippen molar-refractivity contribution in [2.45, 2.75) is 6.92 Å². The van der Waals surface area contributed by atoms with Crippen LogP contribution in [0.2, 0.25) is 0 Å². The normalized spacial score (nSPS) is 10.8. The molecular formula is C13H12N6O2. The van der Waals surface area contributed by atoms with Gasteiger partial charge in [0.2, 0.25) is 0 Å². The van der Waals surface area contributed by atoms with Crippen LogP contribution in [0.5, 0.6) is 0 Å². The maximum absolute atomic E-state index is 10.9. The highest BCUT2D eigenvalue weighted by molar-refractivity contribution is 5.92. The summed E-state index contributed by atoms with van der Waals surface area (Å²) in [4.78, 5) is 18.8. The van der Waals surface area contributed by atoms with Gasteiger partial charge in [0.25, 0.3) is 5.69 Å². The van der Waals surface area contributed by atoms with Crippen molar-refractivity contribution in [1.29, 1.82) is 0 Å². The number of benzene rings is 1. The molecule has 3 aromatic rings. The molecule has 0 saturated heterocycles. The SMILES string of the molecule is Cc1nn(C)cc1Nc1ncnc2ccc([N+](=O)[O-])cc12. The molecule has 0 saturated carbocycles. The minimum absolute atomic E-state index is 0.00302. The summed E-state index contributed by atoms with van der Waals surface area (Å²) < 4.78 is 1.68. The van der Waals surface area contributed by atoms with Crippen LogP contribution in [-0.2, 0) is 7.05 Å². The van der Waals surface area contributed by atoms with Crippen LogP contribution < -0.4 is 5.32 Å². The number of aromatic nitrogens is 4. The Balaban J connectivity index is 2.11. The van der Waals surface area contributed by atoms with Gasteiger partial charge in [-0.3, -0.25) is 14.8 Å². The van der Waals surface area contributed by atoms with Crippen molar-refractivity contribution in [2.24, 2.45) is 7.05 Å². The first-order valence-corrected chi connectivity index (χ1v) is 6.21. The number of anilines is 2. The van der Waals surface area contributed by atoms with Crippen molar-refractivity contribution in [2.75, 3.05) is 5.32 Å². The Bertz CT molecular complexity index is 842. The van der Waals surface area contributed by atoms with Crippen LogP contribution in [-0.4, -0.2) is 24.7 Å². The van der Waals surface area contributed by atoms with E-state index in [1.54, 1.807) is 10.7 Å². The maximum Gasteiger partial charge on any atom is 0.270 e. The Labute approximate surface area is 119 Å². The molecule has 0 radical (unpaired) electrons. The minimum Gasteiger partial charge on any atom is -0.337 e. The van der Waals surface area contributed by atoms with E-state index < -0.39 is 4.92 Å². The molecule has 1 aromatic carbocycles.